The molecule has 0 saturated heterocycles. The molecule has 0 N–H and O–H groups in total. The molecule has 0 radical (unpaired) electrons. The highest BCUT2D eigenvalue weighted by Crippen LogP contribution is 2.20. The second-order valence-electron chi connectivity index (χ2n) is 5.93. The van der Waals surface area contributed by atoms with Crippen molar-refractivity contribution in [3.05, 3.63) is 65.7 Å². The third-order valence-corrected chi connectivity index (χ3v) is 4.42. The van der Waals surface area contributed by atoms with E-state index in [1.54, 1.807) is 61.5 Å². The van der Waals surface area contributed by atoms with Crippen molar-refractivity contribution in [2.75, 3.05) is 31.4 Å². The van der Waals surface area contributed by atoms with Crippen molar-refractivity contribution in [3.63, 3.8) is 0 Å². The molecule has 0 aliphatic heterocycles. The van der Waals surface area contributed by atoms with E-state index in [2.05, 4.69) is 10.8 Å². The molecule has 0 bridgehead atoms. The molecule has 2 aromatic rings. The maximum absolute atomic E-state index is 11.5. The average Bonchev–Trinajstić information content (AvgIpc) is 2.76. The number of carbonyl (C=O) groups excluding carboxylic acids is 1. The van der Waals surface area contributed by atoms with Gasteiger partial charge in [-0.1, -0.05) is 24.3 Å². The summed E-state index contributed by atoms with van der Waals surface area (Å²) < 4.78 is 38.8. The van der Waals surface area contributed by atoms with Crippen LogP contribution in [0.1, 0.15) is 25.0 Å². The van der Waals surface area contributed by atoms with Crippen LogP contribution in [-0.4, -0.2) is 41.4 Å². The lowest BCUT2D eigenvalue weighted by Gasteiger charge is -2.16. The Kier molecular flexibility index (Phi) is 12.1. The van der Waals surface area contributed by atoms with E-state index in [-0.39, 0.29) is 19.3 Å². The molecule has 0 atom stereocenters. The Hall–Kier alpha value is -3.35. The molecule has 0 heterocycles. The molecular weight excluding hydrogens is 420 g/mol. The third kappa shape index (κ3) is 10.3. The summed E-state index contributed by atoms with van der Waals surface area (Å²) in [7, 11) is -1.26. The van der Waals surface area contributed by atoms with Crippen LogP contribution in [0, 0.1) is 11.3 Å². The normalized spacial score (nSPS) is 10.2. The minimum Gasteiger partial charge on any atom is -0.468 e. The van der Waals surface area contributed by atoms with Crippen LogP contribution in [0.3, 0.4) is 0 Å². The summed E-state index contributed by atoms with van der Waals surface area (Å²) in [5.41, 5.74) is 1.93. The van der Waals surface area contributed by atoms with Crippen molar-refractivity contribution in [2.24, 2.45) is 0 Å². The molecule has 0 spiro atoms. The zero-order chi connectivity index (χ0) is 23.1. The maximum Gasteiger partial charge on any atom is 0.302 e. The van der Waals surface area contributed by atoms with Gasteiger partial charge in [0.05, 0.1) is 30.5 Å². The largest absolute Gasteiger partial charge is 0.468 e. The molecule has 0 fully saturated rings. The number of esters is 1. The lowest BCUT2D eigenvalue weighted by Crippen LogP contribution is -2.20. The fraction of sp³-hybridized carbons (Fsp3) is 0.273. The number of ether oxygens (including phenoxy) is 3. The maximum atomic E-state index is 11.5. The summed E-state index contributed by atoms with van der Waals surface area (Å²) in [4.78, 5) is 9.82. The minimum absolute atomic E-state index is 0.128. The SMILES string of the molecule is CCOC(C)=O.COCOc1ccc(N(C/C=C/c2cccc(C#N)c2)[SH](=O)=O)cc1. The summed E-state index contributed by atoms with van der Waals surface area (Å²) in [6, 6.07) is 15.8. The van der Waals surface area contributed by atoms with Gasteiger partial charge >= 0.3 is 5.97 Å². The van der Waals surface area contributed by atoms with Crippen LogP contribution in [0.4, 0.5) is 5.69 Å². The van der Waals surface area contributed by atoms with Crippen LogP contribution < -0.4 is 9.04 Å². The van der Waals surface area contributed by atoms with Crippen LogP contribution in [0.5, 0.6) is 5.75 Å². The van der Waals surface area contributed by atoms with Gasteiger partial charge < -0.3 is 14.2 Å². The van der Waals surface area contributed by atoms with Gasteiger partial charge in [0.2, 0.25) is 10.9 Å². The topological polar surface area (TPSA) is 106 Å². The van der Waals surface area contributed by atoms with Crippen LogP contribution in [0.15, 0.2) is 54.6 Å². The number of rotatable bonds is 9. The number of nitrogens with zero attached hydrogens (tertiary/aromatic N) is 2. The van der Waals surface area contributed by atoms with E-state index in [1.165, 1.54) is 18.3 Å². The molecule has 8 nitrogen and oxygen atoms in total. The van der Waals surface area contributed by atoms with Crippen LogP contribution in [-0.2, 0) is 25.2 Å². The summed E-state index contributed by atoms with van der Waals surface area (Å²) in [5, 5.41) is 8.89. The molecular formula is C22H26N2O6S. The van der Waals surface area contributed by atoms with Crippen molar-refractivity contribution in [2.45, 2.75) is 13.8 Å². The van der Waals surface area contributed by atoms with Crippen molar-refractivity contribution in [1.82, 2.24) is 0 Å². The number of hydrogen-bond acceptors (Lipinski definition) is 7. The van der Waals surface area contributed by atoms with Gasteiger partial charge in [0.1, 0.15) is 5.75 Å². The summed E-state index contributed by atoms with van der Waals surface area (Å²) >= 11 is 0. The number of carbonyl (C=O) groups is 1. The molecule has 2 aromatic carbocycles. The standard InChI is InChI=1S/C18H18N2O4S.C4H8O2/c1-23-14-24-18-9-7-17(8-10-18)20(25(21)22)11-3-6-15-4-2-5-16(12-15)13-19;1-3-6-4(2)5/h2-10,12,25H,11,14H2,1H3;3H2,1-2H3/b6-3+;. The first kappa shape index (κ1) is 25.7. The Morgan fingerprint density at radius 1 is 1.19 bits per heavy atom. The number of hydrogen-bond donors (Lipinski definition) is 1. The fourth-order valence-corrected chi connectivity index (χ4v) is 2.86. The Balaban J connectivity index is 0.000000703. The smallest absolute Gasteiger partial charge is 0.302 e. The van der Waals surface area contributed by atoms with Gasteiger partial charge in [-0.3, -0.25) is 9.10 Å². The van der Waals surface area contributed by atoms with E-state index < -0.39 is 10.9 Å². The van der Waals surface area contributed by atoms with Gasteiger partial charge in [0, 0.05) is 14.0 Å². The van der Waals surface area contributed by atoms with Crippen LogP contribution >= 0.6 is 0 Å². The molecule has 31 heavy (non-hydrogen) atoms. The zero-order valence-corrected chi connectivity index (χ0v) is 18.6. The number of nitriles is 1. The number of benzene rings is 2. The third-order valence-electron chi connectivity index (χ3n) is 3.63. The van der Waals surface area contributed by atoms with Crippen molar-refractivity contribution in [1.29, 1.82) is 5.26 Å². The van der Waals surface area contributed by atoms with E-state index in [0.29, 0.717) is 23.6 Å². The number of anilines is 1. The van der Waals surface area contributed by atoms with E-state index in [9.17, 15) is 13.2 Å². The molecule has 166 valence electrons. The molecule has 0 aliphatic carbocycles. The Morgan fingerprint density at radius 2 is 1.90 bits per heavy atom. The fourth-order valence-electron chi connectivity index (χ4n) is 2.31. The minimum atomic E-state index is -2.79. The van der Waals surface area contributed by atoms with Gasteiger partial charge in [-0.15, -0.1) is 0 Å². The number of thiol groups is 1. The first-order valence-corrected chi connectivity index (χ1v) is 10.5. The quantitative estimate of drug-likeness (QED) is 0.358. The molecule has 0 amide bonds. The molecule has 0 unspecified atom stereocenters. The molecule has 0 saturated carbocycles. The van der Waals surface area contributed by atoms with Crippen LogP contribution in [0.2, 0.25) is 0 Å². The highest BCUT2D eigenvalue weighted by Gasteiger charge is 2.07. The lowest BCUT2D eigenvalue weighted by atomic mass is 10.1. The first-order chi connectivity index (χ1) is 14.9. The summed E-state index contributed by atoms with van der Waals surface area (Å²) in [5.74, 6) is 0.382. The predicted molar refractivity (Wildman–Crippen MR) is 119 cm³/mol. The highest BCUT2D eigenvalue weighted by atomic mass is 32.2. The first-order valence-electron chi connectivity index (χ1n) is 9.35. The van der Waals surface area contributed by atoms with E-state index in [0.717, 1.165) is 5.56 Å². The molecule has 9 heteroatoms. The average molecular weight is 447 g/mol. The van der Waals surface area contributed by atoms with Crippen molar-refractivity contribution < 1.29 is 27.4 Å². The van der Waals surface area contributed by atoms with Gasteiger partial charge in [-0.2, -0.15) is 5.26 Å². The van der Waals surface area contributed by atoms with Gasteiger partial charge in [-0.05, 0) is 48.9 Å². The second-order valence-corrected chi connectivity index (χ2v) is 6.89. The van der Waals surface area contributed by atoms with E-state index in [1.807, 2.05) is 6.07 Å². The Morgan fingerprint density at radius 3 is 2.42 bits per heavy atom. The molecule has 0 aliphatic rings. The van der Waals surface area contributed by atoms with Crippen molar-refractivity contribution >= 4 is 28.6 Å². The highest BCUT2D eigenvalue weighted by molar-refractivity contribution is 7.74. The van der Waals surface area contributed by atoms with Gasteiger partial charge in [-0.25, -0.2) is 8.42 Å². The van der Waals surface area contributed by atoms with Crippen LogP contribution in [0.25, 0.3) is 6.08 Å². The predicted octanol–water partition coefficient (Wildman–Crippen LogP) is 3.16. The number of methoxy groups -OCH3 is 1. The summed E-state index contributed by atoms with van der Waals surface area (Å²) in [6.07, 6.45) is 3.51. The van der Waals surface area contributed by atoms with Crippen molar-refractivity contribution in [3.8, 4) is 11.8 Å². The Bertz CT molecular complexity index is 957. The monoisotopic (exact) mass is 446 g/mol. The van der Waals surface area contributed by atoms with E-state index in [4.69, 9.17) is 14.7 Å². The molecule has 0 aromatic heterocycles. The lowest BCUT2D eigenvalue weighted by molar-refractivity contribution is -0.140. The van der Waals surface area contributed by atoms with Gasteiger partial charge in [0.15, 0.2) is 6.79 Å². The Labute approximate surface area is 184 Å². The zero-order valence-electron chi connectivity index (χ0n) is 17.7. The molecule has 2 rings (SSSR count). The van der Waals surface area contributed by atoms with Gasteiger partial charge in [0.25, 0.3) is 0 Å². The van der Waals surface area contributed by atoms with E-state index >= 15 is 0 Å². The second kappa shape index (κ2) is 14.6. The summed E-state index contributed by atoms with van der Waals surface area (Å²) in [6.45, 7) is 3.97.